The second-order valence-corrected chi connectivity index (χ2v) is 3.52. The van der Waals surface area contributed by atoms with Crippen molar-refractivity contribution in [3.05, 3.63) is 35.5 Å². The lowest BCUT2D eigenvalue weighted by atomic mass is 10.2. The van der Waals surface area contributed by atoms with Crippen molar-refractivity contribution >= 4 is 11.6 Å². The summed E-state index contributed by atoms with van der Waals surface area (Å²) in [6, 6.07) is 3.74. The van der Waals surface area contributed by atoms with Crippen LogP contribution in [0.15, 0.2) is 24.5 Å². The summed E-state index contributed by atoms with van der Waals surface area (Å²) in [6.07, 6.45) is 3.42. The summed E-state index contributed by atoms with van der Waals surface area (Å²) in [5.74, 6) is 0.770. The average molecular weight is 223 g/mol. The lowest BCUT2D eigenvalue weighted by Crippen LogP contribution is -2.04. The van der Waals surface area contributed by atoms with Crippen LogP contribution < -0.4 is 5.73 Å². The van der Waals surface area contributed by atoms with Gasteiger partial charge in [0.05, 0.1) is 6.54 Å². The van der Waals surface area contributed by atoms with Crippen molar-refractivity contribution in [1.29, 1.82) is 0 Å². The third-order valence-corrected chi connectivity index (χ3v) is 2.69. The molecule has 2 rings (SSSR count). The number of pyridine rings is 1. The summed E-state index contributed by atoms with van der Waals surface area (Å²) in [5, 5.41) is 0.599. The minimum absolute atomic E-state index is 0.376. The molecule has 5 heteroatoms. The van der Waals surface area contributed by atoms with Crippen LogP contribution >= 0.6 is 11.6 Å². The van der Waals surface area contributed by atoms with E-state index in [1.165, 1.54) is 0 Å². The van der Waals surface area contributed by atoms with Gasteiger partial charge in [-0.25, -0.2) is 4.98 Å². The molecule has 2 aromatic heterocycles. The van der Waals surface area contributed by atoms with Crippen LogP contribution in [0.3, 0.4) is 0 Å². The van der Waals surface area contributed by atoms with E-state index < -0.39 is 0 Å². The van der Waals surface area contributed by atoms with Gasteiger partial charge in [0.1, 0.15) is 16.7 Å². The normalized spacial score (nSPS) is 10.6. The molecule has 0 saturated carbocycles. The second kappa shape index (κ2) is 4.00. The second-order valence-electron chi connectivity index (χ2n) is 3.17. The lowest BCUT2D eigenvalue weighted by molar-refractivity contribution is 0.794. The van der Waals surface area contributed by atoms with Crippen LogP contribution in [-0.4, -0.2) is 14.5 Å². The van der Waals surface area contributed by atoms with E-state index >= 15 is 0 Å². The fourth-order valence-electron chi connectivity index (χ4n) is 1.40. The van der Waals surface area contributed by atoms with Crippen molar-refractivity contribution < 1.29 is 0 Å². The highest BCUT2D eigenvalue weighted by Crippen LogP contribution is 2.26. The number of rotatable bonds is 2. The minimum atomic E-state index is 0.376. The Morgan fingerprint density at radius 3 is 2.60 bits per heavy atom. The maximum atomic E-state index is 6.15. The van der Waals surface area contributed by atoms with Crippen LogP contribution in [0.1, 0.15) is 5.82 Å². The number of nitrogens with two attached hydrogens (primary N) is 1. The number of nitrogens with zero attached hydrogens (tertiary/aromatic N) is 3. The highest BCUT2D eigenvalue weighted by Gasteiger charge is 2.12. The Bertz CT molecular complexity index is 464. The third-order valence-electron chi connectivity index (χ3n) is 2.25. The number of aromatic nitrogens is 3. The Hall–Kier alpha value is -1.39. The molecule has 0 radical (unpaired) electrons. The molecule has 0 unspecified atom stereocenters. The maximum absolute atomic E-state index is 6.15. The first-order chi connectivity index (χ1) is 7.24. The Morgan fingerprint density at radius 1 is 1.40 bits per heavy atom. The molecule has 4 nitrogen and oxygen atoms in total. The van der Waals surface area contributed by atoms with Gasteiger partial charge in [-0.2, -0.15) is 0 Å². The summed E-state index contributed by atoms with van der Waals surface area (Å²) in [4.78, 5) is 8.32. The topological polar surface area (TPSA) is 56.7 Å². The zero-order valence-electron chi connectivity index (χ0n) is 8.31. The Morgan fingerprint density at radius 2 is 2.07 bits per heavy atom. The van der Waals surface area contributed by atoms with E-state index in [-0.39, 0.29) is 0 Å². The number of halogens is 1. The van der Waals surface area contributed by atoms with Crippen LogP contribution in [0.25, 0.3) is 11.3 Å². The van der Waals surface area contributed by atoms with Gasteiger partial charge in [0.15, 0.2) is 0 Å². The van der Waals surface area contributed by atoms with E-state index in [0.717, 1.165) is 17.1 Å². The lowest BCUT2D eigenvalue weighted by Gasteiger charge is -1.97. The molecule has 0 saturated heterocycles. The smallest absolute Gasteiger partial charge is 0.136 e. The van der Waals surface area contributed by atoms with Crippen LogP contribution in [0, 0.1) is 0 Å². The molecule has 78 valence electrons. The Kier molecular flexibility index (Phi) is 2.70. The van der Waals surface area contributed by atoms with Gasteiger partial charge in [0.2, 0.25) is 0 Å². The quantitative estimate of drug-likeness (QED) is 0.840. The average Bonchev–Trinajstić information content (AvgIpc) is 2.57. The van der Waals surface area contributed by atoms with Crippen LogP contribution in [0.4, 0.5) is 0 Å². The molecule has 0 aliphatic carbocycles. The van der Waals surface area contributed by atoms with E-state index in [0.29, 0.717) is 11.7 Å². The Labute approximate surface area is 92.7 Å². The summed E-state index contributed by atoms with van der Waals surface area (Å²) in [5.41, 5.74) is 7.26. The van der Waals surface area contributed by atoms with E-state index in [1.807, 2.05) is 19.2 Å². The molecule has 0 aromatic carbocycles. The van der Waals surface area contributed by atoms with Crippen molar-refractivity contribution in [2.45, 2.75) is 6.54 Å². The molecular weight excluding hydrogens is 212 g/mol. The highest BCUT2D eigenvalue weighted by molar-refractivity contribution is 6.32. The molecule has 0 atom stereocenters. The van der Waals surface area contributed by atoms with Crippen molar-refractivity contribution in [3.8, 4) is 11.3 Å². The zero-order chi connectivity index (χ0) is 10.8. The molecule has 2 heterocycles. The van der Waals surface area contributed by atoms with Crippen molar-refractivity contribution in [3.63, 3.8) is 0 Å². The predicted octanol–water partition coefficient (Wildman–Crippen LogP) is 1.59. The van der Waals surface area contributed by atoms with Crippen molar-refractivity contribution in [2.75, 3.05) is 0 Å². The maximum Gasteiger partial charge on any atom is 0.136 e. The van der Waals surface area contributed by atoms with Gasteiger partial charge in [-0.3, -0.25) is 4.98 Å². The van der Waals surface area contributed by atoms with Crippen LogP contribution in [0.5, 0.6) is 0 Å². The number of hydrogen-bond acceptors (Lipinski definition) is 3. The fourth-order valence-corrected chi connectivity index (χ4v) is 1.65. The zero-order valence-corrected chi connectivity index (χ0v) is 9.07. The largest absolute Gasteiger partial charge is 0.324 e. The SMILES string of the molecule is Cn1c(CN)nc(-c2ccncc2)c1Cl. The van der Waals surface area contributed by atoms with E-state index in [1.54, 1.807) is 17.0 Å². The molecule has 15 heavy (non-hydrogen) atoms. The highest BCUT2D eigenvalue weighted by atomic mass is 35.5. The fraction of sp³-hybridized carbons (Fsp3) is 0.200. The standard InChI is InChI=1S/C10H11ClN4/c1-15-8(6-12)14-9(10(15)11)7-2-4-13-5-3-7/h2-5H,6,12H2,1H3. The van der Waals surface area contributed by atoms with Crippen molar-refractivity contribution in [1.82, 2.24) is 14.5 Å². The summed E-state index contributed by atoms with van der Waals surface area (Å²) in [7, 11) is 1.85. The Balaban J connectivity index is 2.55. The first-order valence-electron chi connectivity index (χ1n) is 4.55. The molecule has 0 spiro atoms. The van der Waals surface area contributed by atoms with Gasteiger partial charge < -0.3 is 10.3 Å². The van der Waals surface area contributed by atoms with Gasteiger partial charge >= 0.3 is 0 Å². The minimum Gasteiger partial charge on any atom is -0.324 e. The summed E-state index contributed by atoms with van der Waals surface area (Å²) >= 11 is 6.15. The first-order valence-corrected chi connectivity index (χ1v) is 4.93. The predicted molar refractivity (Wildman–Crippen MR) is 59.3 cm³/mol. The molecule has 0 bridgehead atoms. The molecule has 0 aliphatic heterocycles. The van der Waals surface area contributed by atoms with Gasteiger partial charge in [-0.15, -0.1) is 0 Å². The monoisotopic (exact) mass is 222 g/mol. The van der Waals surface area contributed by atoms with Crippen LogP contribution in [-0.2, 0) is 13.6 Å². The van der Waals surface area contributed by atoms with Crippen molar-refractivity contribution in [2.24, 2.45) is 12.8 Å². The number of hydrogen-bond donors (Lipinski definition) is 1. The van der Waals surface area contributed by atoms with Gasteiger partial charge in [0.25, 0.3) is 0 Å². The molecule has 2 aromatic rings. The molecule has 2 N–H and O–H groups in total. The van der Waals surface area contributed by atoms with E-state index in [9.17, 15) is 0 Å². The van der Waals surface area contributed by atoms with Crippen LogP contribution in [0.2, 0.25) is 5.15 Å². The van der Waals surface area contributed by atoms with Gasteiger partial charge in [0, 0.05) is 25.0 Å². The van der Waals surface area contributed by atoms with Gasteiger partial charge in [-0.1, -0.05) is 11.6 Å². The molecule has 0 fully saturated rings. The number of imidazole rings is 1. The first kappa shape index (κ1) is 10.1. The van der Waals surface area contributed by atoms with E-state index in [2.05, 4.69) is 9.97 Å². The van der Waals surface area contributed by atoms with E-state index in [4.69, 9.17) is 17.3 Å². The summed E-state index contributed by atoms with van der Waals surface area (Å²) in [6.45, 7) is 0.376. The molecule has 0 aliphatic rings. The molecular formula is C10H11ClN4. The van der Waals surface area contributed by atoms with Gasteiger partial charge in [-0.05, 0) is 12.1 Å². The molecule has 0 amide bonds. The third kappa shape index (κ3) is 1.73. The summed E-state index contributed by atoms with van der Waals surface area (Å²) < 4.78 is 1.79.